The molecule has 0 bridgehead atoms. The third-order valence-corrected chi connectivity index (χ3v) is 5.60. The molecule has 3 rings (SSSR count). The molecule has 0 aliphatic heterocycles. The van der Waals surface area contributed by atoms with Crippen molar-refractivity contribution in [3.05, 3.63) is 64.7 Å². The molecule has 0 fully saturated rings. The molecule has 1 amide bonds. The van der Waals surface area contributed by atoms with E-state index in [1.54, 1.807) is 12.1 Å². The van der Waals surface area contributed by atoms with Crippen LogP contribution in [-0.2, 0) is 11.3 Å². The molecule has 10 heteroatoms. The zero-order chi connectivity index (χ0) is 19.2. The summed E-state index contributed by atoms with van der Waals surface area (Å²) in [6.07, 6.45) is 0. The number of anilines is 2. The standard InChI is InChI=1S/C17H13ClF2N4OS2/c18-13-7-12(5-6-14(13)20)22-15(25)9-26-17-24-23-16(27-17)21-8-10-1-3-11(19)4-2-10/h1-7H,8-9H2,(H,21,23)(H,22,25). The Labute approximate surface area is 167 Å². The Morgan fingerprint density at radius 2 is 1.93 bits per heavy atom. The highest BCUT2D eigenvalue weighted by Gasteiger charge is 2.09. The van der Waals surface area contributed by atoms with Crippen LogP contribution in [0.25, 0.3) is 0 Å². The zero-order valence-electron chi connectivity index (χ0n) is 13.7. The Morgan fingerprint density at radius 3 is 2.67 bits per heavy atom. The summed E-state index contributed by atoms with van der Waals surface area (Å²) in [7, 11) is 0. The molecule has 3 aromatic rings. The lowest BCUT2D eigenvalue weighted by Gasteiger charge is -2.04. The summed E-state index contributed by atoms with van der Waals surface area (Å²) in [5, 5.41) is 14.3. The first-order valence-corrected chi connectivity index (χ1v) is 9.87. The first-order valence-electron chi connectivity index (χ1n) is 7.69. The second-order valence-electron chi connectivity index (χ2n) is 5.32. The van der Waals surface area contributed by atoms with Crippen molar-refractivity contribution in [1.82, 2.24) is 10.2 Å². The summed E-state index contributed by atoms with van der Waals surface area (Å²) in [6.45, 7) is 0.491. The highest BCUT2D eigenvalue weighted by molar-refractivity contribution is 8.01. The molecule has 0 saturated carbocycles. The molecule has 0 unspecified atom stereocenters. The SMILES string of the molecule is O=C(CSc1nnc(NCc2ccc(F)cc2)s1)Nc1ccc(F)c(Cl)c1. The first-order chi connectivity index (χ1) is 13.0. The van der Waals surface area contributed by atoms with E-state index >= 15 is 0 Å². The van der Waals surface area contributed by atoms with Crippen LogP contribution < -0.4 is 10.6 Å². The van der Waals surface area contributed by atoms with Crippen LogP contribution in [0.2, 0.25) is 5.02 Å². The molecule has 140 valence electrons. The van der Waals surface area contributed by atoms with Crippen molar-refractivity contribution in [2.75, 3.05) is 16.4 Å². The number of thioether (sulfide) groups is 1. The predicted octanol–water partition coefficient (Wildman–Crippen LogP) is 4.81. The number of nitrogens with one attached hydrogen (secondary N) is 2. The molecule has 0 aliphatic carbocycles. The maximum Gasteiger partial charge on any atom is 0.234 e. The number of nitrogens with zero attached hydrogens (tertiary/aromatic N) is 2. The summed E-state index contributed by atoms with van der Waals surface area (Å²) in [5.74, 6) is -0.964. The topological polar surface area (TPSA) is 66.9 Å². The molecule has 1 heterocycles. The number of benzene rings is 2. The molecule has 1 aromatic heterocycles. The van der Waals surface area contributed by atoms with Crippen LogP contribution in [0.15, 0.2) is 46.8 Å². The maximum absolute atomic E-state index is 13.1. The van der Waals surface area contributed by atoms with Crippen molar-refractivity contribution in [2.45, 2.75) is 10.9 Å². The van der Waals surface area contributed by atoms with Gasteiger partial charge in [-0.1, -0.05) is 46.8 Å². The number of hydrogen-bond acceptors (Lipinski definition) is 6. The summed E-state index contributed by atoms with van der Waals surface area (Å²) in [5.41, 5.74) is 1.34. The van der Waals surface area contributed by atoms with Crippen molar-refractivity contribution in [3.63, 3.8) is 0 Å². The van der Waals surface area contributed by atoms with Crippen LogP contribution >= 0.6 is 34.7 Å². The minimum absolute atomic E-state index is 0.0542. The Kier molecular flexibility index (Phi) is 6.59. The van der Waals surface area contributed by atoms with Gasteiger partial charge in [-0.2, -0.15) is 0 Å². The van der Waals surface area contributed by atoms with Gasteiger partial charge in [0.05, 0.1) is 10.8 Å². The van der Waals surface area contributed by atoms with E-state index in [2.05, 4.69) is 20.8 Å². The number of carbonyl (C=O) groups is 1. The van der Waals surface area contributed by atoms with Crippen molar-refractivity contribution < 1.29 is 13.6 Å². The molecule has 27 heavy (non-hydrogen) atoms. The van der Waals surface area contributed by atoms with Crippen LogP contribution in [0.5, 0.6) is 0 Å². The minimum Gasteiger partial charge on any atom is -0.356 e. The Balaban J connectivity index is 1.46. The highest BCUT2D eigenvalue weighted by Crippen LogP contribution is 2.26. The van der Waals surface area contributed by atoms with Gasteiger partial charge in [-0.15, -0.1) is 10.2 Å². The van der Waals surface area contributed by atoms with Crippen LogP contribution in [0.4, 0.5) is 19.6 Å². The van der Waals surface area contributed by atoms with Crippen molar-refractivity contribution in [2.24, 2.45) is 0 Å². The molecule has 0 atom stereocenters. The van der Waals surface area contributed by atoms with Gasteiger partial charge in [-0.25, -0.2) is 8.78 Å². The number of rotatable bonds is 7. The Hall–Kier alpha value is -2.23. The van der Waals surface area contributed by atoms with Gasteiger partial charge >= 0.3 is 0 Å². The van der Waals surface area contributed by atoms with E-state index in [9.17, 15) is 13.6 Å². The average Bonchev–Trinajstić information content (AvgIpc) is 3.11. The average molecular weight is 427 g/mol. The molecular weight excluding hydrogens is 414 g/mol. The van der Waals surface area contributed by atoms with Crippen molar-refractivity contribution in [1.29, 1.82) is 0 Å². The summed E-state index contributed by atoms with van der Waals surface area (Å²) in [6, 6.07) is 10.1. The second-order valence-corrected chi connectivity index (χ2v) is 7.93. The second kappa shape index (κ2) is 9.12. The lowest BCUT2D eigenvalue weighted by molar-refractivity contribution is -0.113. The molecular formula is C17H13ClF2N4OS2. The van der Waals surface area contributed by atoms with Gasteiger partial charge in [0.25, 0.3) is 0 Å². The van der Waals surface area contributed by atoms with Crippen LogP contribution in [0.1, 0.15) is 5.56 Å². The zero-order valence-corrected chi connectivity index (χ0v) is 16.1. The number of carbonyl (C=O) groups excluding carboxylic acids is 1. The van der Waals surface area contributed by atoms with Gasteiger partial charge < -0.3 is 10.6 Å². The van der Waals surface area contributed by atoms with E-state index in [1.807, 2.05) is 0 Å². The fraction of sp³-hybridized carbons (Fsp3) is 0.118. The highest BCUT2D eigenvalue weighted by atomic mass is 35.5. The van der Waals surface area contributed by atoms with Gasteiger partial charge in [0.15, 0.2) is 4.34 Å². The fourth-order valence-electron chi connectivity index (χ4n) is 2.02. The van der Waals surface area contributed by atoms with Gasteiger partial charge in [-0.05, 0) is 35.9 Å². The molecule has 0 aliphatic rings. The van der Waals surface area contributed by atoms with E-state index in [1.165, 1.54) is 53.4 Å². The summed E-state index contributed by atoms with van der Waals surface area (Å²) >= 11 is 8.23. The van der Waals surface area contributed by atoms with E-state index in [0.717, 1.165) is 5.56 Å². The molecule has 5 nitrogen and oxygen atoms in total. The first kappa shape index (κ1) is 19.5. The third-order valence-electron chi connectivity index (χ3n) is 3.29. The molecule has 0 spiro atoms. The van der Waals surface area contributed by atoms with E-state index < -0.39 is 5.82 Å². The fourth-order valence-corrected chi connectivity index (χ4v) is 3.75. The molecule has 2 N–H and O–H groups in total. The number of aromatic nitrogens is 2. The van der Waals surface area contributed by atoms with E-state index in [-0.39, 0.29) is 22.5 Å². The predicted molar refractivity (Wildman–Crippen MR) is 104 cm³/mol. The van der Waals surface area contributed by atoms with Gasteiger partial charge in [0.2, 0.25) is 11.0 Å². The van der Waals surface area contributed by atoms with Crippen LogP contribution in [-0.4, -0.2) is 21.9 Å². The third kappa shape index (κ3) is 5.88. The maximum atomic E-state index is 13.1. The minimum atomic E-state index is -0.543. The summed E-state index contributed by atoms with van der Waals surface area (Å²) < 4.78 is 26.6. The van der Waals surface area contributed by atoms with Gasteiger partial charge in [0.1, 0.15) is 11.6 Å². The van der Waals surface area contributed by atoms with Crippen LogP contribution in [0.3, 0.4) is 0 Å². The normalized spacial score (nSPS) is 10.6. The number of halogens is 3. The van der Waals surface area contributed by atoms with Crippen LogP contribution in [0, 0.1) is 11.6 Å². The van der Waals surface area contributed by atoms with E-state index in [4.69, 9.17) is 11.6 Å². The van der Waals surface area contributed by atoms with Crippen molar-refractivity contribution in [3.8, 4) is 0 Å². The molecule has 0 saturated heterocycles. The molecule has 2 aromatic carbocycles. The Morgan fingerprint density at radius 1 is 1.15 bits per heavy atom. The summed E-state index contributed by atoms with van der Waals surface area (Å²) in [4.78, 5) is 12.0. The molecule has 0 radical (unpaired) electrons. The lowest BCUT2D eigenvalue weighted by atomic mass is 10.2. The lowest BCUT2D eigenvalue weighted by Crippen LogP contribution is -2.13. The van der Waals surface area contributed by atoms with Crippen molar-refractivity contribution >= 4 is 51.4 Å². The number of amides is 1. The van der Waals surface area contributed by atoms with Gasteiger partial charge in [-0.3, -0.25) is 4.79 Å². The smallest absolute Gasteiger partial charge is 0.234 e. The van der Waals surface area contributed by atoms with Gasteiger partial charge in [0, 0.05) is 12.2 Å². The Bertz CT molecular complexity index is 937. The quantitative estimate of drug-likeness (QED) is 0.530. The number of hydrogen-bond donors (Lipinski definition) is 2. The van der Waals surface area contributed by atoms with E-state index in [0.29, 0.717) is 21.7 Å². The largest absolute Gasteiger partial charge is 0.356 e. The monoisotopic (exact) mass is 426 g/mol.